The van der Waals surface area contributed by atoms with E-state index in [1.54, 1.807) is 0 Å². The second-order valence-electron chi connectivity index (χ2n) is 5.41. The van der Waals surface area contributed by atoms with Crippen molar-refractivity contribution in [2.24, 2.45) is 5.92 Å². The van der Waals surface area contributed by atoms with Crippen molar-refractivity contribution in [1.29, 1.82) is 0 Å². The molecule has 0 spiro atoms. The van der Waals surface area contributed by atoms with E-state index in [-0.39, 0.29) is 12.4 Å². The van der Waals surface area contributed by atoms with Gasteiger partial charge in [0.2, 0.25) is 5.91 Å². The Bertz CT molecular complexity index is 268. The molecule has 3 aliphatic rings. The maximum atomic E-state index is 12.0. The molecule has 3 nitrogen and oxygen atoms in total. The first-order chi connectivity index (χ1) is 7.31. The van der Waals surface area contributed by atoms with Crippen molar-refractivity contribution in [2.45, 2.75) is 50.6 Å². The van der Waals surface area contributed by atoms with Gasteiger partial charge in [-0.25, -0.2) is 0 Å². The molecule has 3 fully saturated rings. The van der Waals surface area contributed by atoms with Crippen LogP contribution in [0.4, 0.5) is 0 Å². The van der Waals surface area contributed by atoms with E-state index in [0.29, 0.717) is 18.0 Å². The number of hydrogen-bond acceptors (Lipinski definition) is 2. The number of likely N-dealkylation sites (tertiary alicyclic amines) is 1. The number of amides is 1. The number of halogens is 1. The Labute approximate surface area is 103 Å². The number of nitrogens with zero attached hydrogens (tertiary/aromatic N) is 1. The minimum atomic E-state index is 0. The molecule has 0 aromatic carbocycles. The fraction of sp³-hybridized carbons (Fsp3) is 0.917. The molecule has 2 heterocycles. The van der Waals surface area contributed by atoms with Crippen LogP contribution < -0.4 is 5.32 Å². The summed E-state index contributed by atoms with van der Waals surface area (Å²) in [6.45, 7) is 1.95. The quantitative estimate of drug-likeness (QED) is 0.800. The van der Waals surface area contributed by atoms with Crippen molar-refractivity contribution < 1.29 is 4.79 Å². The molecule has 4 heteroatoms. The Morgan fingerprint density at radius 3 is 2.62 bits per heavy atom. The smallest absolute Gasteiger partial charge is 0.222 e. The van der Waals surface area contributed by atoms with E-state index in [1.165, 1.54) is 25.7 Å². The highest BCUT2D eigenvalue weighted by Gasteiger charge is 2.33. The van der Waals surface area contributed by atoms with Gasteiger partial charge in [-0.3, -0.25) is 4.79 Å². The van der Waals surface area contributed by atoms with Crippen molar-refractivity contribution >= 4 is 18.3 Å². The van der Waals surface area contributed by atoms with E-state index < -0.39 is 0 Å². The summed E-state index contributed by atoms with van der Waals surface area (Å²) in [6, 6.07) is 1.27. The Morgan fingerprint density at radius 2 is 1.88 bits per heavy atom. The van der Waals surface area contributed by atoms with Gasteiger partial charge in [0.15, 0.2) is 0 Å². The van der Waals surface area contributed by atoms with Crippen LogP contribution in [0.2, 0.25) is 0 Å². The summed E-state index contributed by atoms with van der Waals surface area (Å²) in [6.07, 6.45) is 7.12. The molecule has 0 aromatic heterocycles. The van der Waals surface area contributed by atoms with Gasteiger partial charge in [0.25, 0.3) is 0 Å². The van der Waals surface area contributed by atoms with Gasteiger partial charge in [-0.1, -0.05) is 0 Å². The minimum Gasteiger partial charge on any atom is -0.341 e. The minimum absolute atomic E-state index is 0. The molecule has 0 aromatic rings. The number of hydrogen-bond donors (Lipinski definition) is 1. The van der Waals surface area contributed by atoms with Gasteiger partial charge < -0.3 is 10.2 Å². The first kappa shape index (κ1) is 12.2. The number of rotatable bonds is 2. The second-order valence-corrected chi connectivity index (χ2v) is 5.41. The average molecular weight is 245 g/mol. The van der Waals surface area contributed by atoms with E-state index >= 15 is 0 Å². The highest BCUT2D eigenvalue weighted by Crippen LogP contribution is 2.33. The van der Waals surface area contributed by atoms with E-state index in [2.05, 4.69) is 10.2 Å². The van der Waals surface area contributed by atoms with Crippen molar-refractivity contribution in [3.8, 4) is 0 Å². The molecule has 92 valence electrons. The van der Waals surface area contributed by atoms with Gasteiger partial charge in [-0.05, 0) is 38.0 Å². The lowest BCUT2D eigenvalue weighted by Gasteiger charge is -2.24. The molecule has 1 aliphatic carbocycles. The van der Waals surface area contributed by atoms with E-state index in [4.69, 9.17) is 0 Å². The molecule has 3 rings (SSSR count). The van der Waals surface area contributed by atoms with Crippen molar-refractivity contribution in [1.82, 2.24) is 10.2 Å². The zero-order valence-electron chi connectivity index (χ0n) is 9.65. The first-order valence-electron chi connectivity index (χ1n) is 6.35. The summed E-state index contributed by atoms with van der Waals surface area (Å²) >= 11 is 0. The molecule has 2 saturated heterocycles. The van der Waals surface area contributed by atoms with Gasteiger partial charge in [0.05, 0.1) is 0 Å². The zero-order valence-corrected chi connectivity index (χ0v) is 10.5. The largest absolute Gasteiger partial charge is 0.341 e. The van der Waals surface area contributed by atoms with E-state index in [9.17, 15) is 4.79 Å². The Morgan fingerprint density at radius 1 is 1.12 bits per heavy atom. The van der Waals surface area contributed by atoms with Crippen LogP contribution >= 0.6 is 12.4 Å². The van der Waals surface area contributed by atoms with Crippen LogP contribution in [0.15, 0.2) is 0 Å². The predicted octanol–water partition coefficient (Wildman–Crippen LogP) is 1.56. The summed E-state index contributed by atoms with van der Waals surface area (Å²) in [5.74, 6) is 1.14. The molecule has 0 radical (unpaired) electrons. The van der Waals surface area contributed by atoms with Gasteiger partial charge in [-0.15, -0.1) is 12.4 Å². The molecule has 1 N–H and O–H groups in total. The fourth-order valence-electron chi connectivity index (χ4n) is 2.87. The Balaban J connectivity index is 0.000000963. The first-order valence-corrected chi connectivity index (χ1v) is 6.35. The van der Waals surface area contributed by atoms with Gasteiger partial charge in [0, 0.05) is 31.6 Å². The molecule has 2 atom stereocenters. The van der Waals surface area contributed by atoms with E-state index in [0.717, 1.165) is 31.8 Å². The van der Waals surface area contributed by atoms with Crippen LogP contribution in [-0.4, -0.2) is 36.0 Å². The zero-order chi connectivity index (χ0) is 10.3. The SMILES string of the molecule is Cl.O=C(CC1CC1)N1CCC2CCC(C1)N2. The van der Waals surface area contributed by atoms with Crippen molar-refractivity contribution in [3.05, 3.63) is 0 Å². The highest BCUT2D eigenvalue weighted by atomic mass is 35.5. The van der Waals surface area contributed by atoms with Crippen LogP contribution in [0.1, 0.15) is 38.5 Å². The number of fused-ring (bicyclic) bond motifs is 2. The van der Waals surface area contributed by atoms with Gasteiger partial charge in [0.1, 0.15) is 0 Å². The monoisotopic (exact) mass is 244 g/mol. The van der Waals surface area contributed by atoms with Crippen molar-refractivity contribution in [2.75, 3.05) is 13.1 Å². The van der Waals surface area contributed by atoms with Gasteiger partial charge in [-0.2, -0.15) is 0 Å². The summed E-state index contributed by atoms with van der Waals surface area (Å²) in [5.41, 5.74) is 0. The van der Waals surface area contributed by atoms with Crippen molar-refractivity contribution in [3.63, 3.8) is 0 Å². The van der Waals surface area contributed by atoms with Crippen LogP contribution in [0.25, 0.3) is 0 Å². The standard InChI is InChI=1S/C12H20N2O.ClH/c15-12(7-9-1-2-9)14-6-5-10-3-4-11(8-14)13-10;/h9-11,13H,1-8H2;1H. The van der Waals surface area contributed by atoms with Crippen LogP contribution in [0.5, 0.6) is 0 Å². The number of carbonyl (C=O) groups excluding carboxylic acids is 1. The number of nitrogens with one attached hydrogen (secondary N) is 1. The molecule has 1 amide bonds. The van der Waals surface area contributed by atoms with E-state index in [1.807, 2.05) is 0 Å². The Hall–Kier alpha value is -0.280. The topological polar surface area (TPSA) is 32.3 Å². The third-order valence-electron chi connectivity index (χ3n) is 4.04. The van der Waals surface area contributed by atoms with Crippen LogP contribution in [0, 0.1) is 5.92 Å². The summed E-state index contributed by atoms with van der Waals surface area (Å²) in [5, 5.41) is 3.61. The summed E-state index contributed by atoms with van der Waals surface area (Å²) < 4.78 is 0. The lowest BCUT2D eigenvalue weighted by atomic mass is 10.1. The van der Waals surface area contributed by atoms with Crippen LogP contribution in [0.3, 0.4) is 0 Å². The average Bonchev–Trinajstić information content (AvgIpc) is 2.91. The molecule has 2 aliphatic heterocycles. The molecule has 2 bridgehead atoms. The molecule has 2 unspecified atom stereocenters. The third kappa shape index (κ3) is 2.69. The number of carbonyl (C=O) groups is 1. The third-order valence-corrected chi connectivity index (χ3v) is 4.04. The maximum Gasteiger partial charge on any atom is 0.222 e. The second kappa shape index (κ2) is 4.92. The van der Waals surface area contributed by atoms with Gasteiger partial charge >= 0.3 is 0 Å². The normalized spacial score (nSPS) is 33.1. The molecular formula is C12H21ClN2O. The predicted molar refractivity (Wildman–Crippen MR) is 65.7 cm³/mol. The highest BCUT2D eigenvalue weighted by molar-refractivity contribution is 5.85. The lowest BCUT2D eigenvalue weighted by molar-refractivity contribution is -0.131. The molecular weight excluding hydrogens is 224 g/mol. The summed E-state index contributed by atoms with van der Waals surface area (Å²) in [7, 11) is 0. The Kier molecular flexibility index (Phi) is 3.75. The lowest BCUT2D eigenvalue weighted by Crippen LogP contribution is -2.39. The van der Waals surface area contributed by atoms with Crippen LogP contribution in [-0.2, 0) is 4.79 Å². The summed E-state index contributed by atoms with van der Waals surface area (Å²) in [4.78, 5) is 14.1. The molecule has 16 heavy (non-hydrogen) atoms. The maximum absolute atomic E-state index is 12.0. The molecule has 1 saturated carbocycles. The fourth-order valence-corrected chi connectivity index (χ4v) is 2.87.